The molecule has 0 saturated heterocycles. The van der Waals surface area contributed by atoms with E-state index in [1.807, 2.05) is 18.4 Å². The van der Waals surface area contributed by atoms with Crippen LogP contribution in [-0.2, 0) is 4.79 Å². The molecule has 0 aromatic rings. The quantitative estimate of drug-likeness (QED) is 0.615. The summed E-state index contributed by atoms with van der Waals surface area (Å²) in [5.74, 6) is 0.208. The average molecular weight is 137 g/mol. The molecule has 0 unspecified atom stereocenters. The Labute approximate surface area is 60.6 Å². The second-order valence-corrected chi connectivity index (χ2v) is 2.41. The van der Waals surface area contributed by atoms with Crippen molar-refractivity contribution in [1.82, 2.24) is 5.32 Å². The van der Waals surface area contributed by atoms with Crippen LogP contribution in [0.1, 0.15) is 13.3 Å². The Morgan fingerprint density at radius 2 is 2.60 bits per heavy atom. The lowest BCUT2D eigenvalue weighted by Crippen LogP contribution is -2.10. The van der Waals surface area contributed by atoms with E-state index in [9.17, 15) is 4.79 Å². The number of allylic oxidation sites excluding steroid dienone is 2. The molecule has 54 valence electrons. The van der Waals surface area contributed by atoms with Crippen molar-refractivity contribution in [3.05, 3.63) is 23.9 Å². The van der Waals surface area contributed by atoms with Crippen molar-refractivity contribution < 1.29 is 4.79 Å². The highest BCUT2D eigenvalue weighted by Crippen LogP contribution is 2.04. The summed E-state index contributed by atoms with van der Waals surface area (Å²) in [6, 6.07) is 0. The van der Waals surface area contributed by atoms with Crippen molar-refractivity contribution in [1.29, 1.82) is 0 Å². The Morgan fingerprint density at radius 1 is 1.80 bits per heavy atom. The summed E-state index contributed by atoms with van der Waals surface area (Å²) in [5.41, 5.74) is 1.07. The van der Waals surface area contributed by atoms with Crippen LogP contribution in [0.2, 0.25) is 0 Å². The highest BCUT2D eigenvalue weighted by molar-refractivity contribution is 5.78. The molecule has 0 aliphatic carbocycles. The SMILES string of the molecule is CC(=O)CC1=CNCC=C1. The molecule has 0 fully saturated rings. The zero-order chi connectivity index (χ0) is 7.40. The lowest BCUT2D eigenvalue weighted by Gasteiger charge is -2.05. The number of carbonyl (C=O) groups excluding carboxylic acids is 1. The normalized spacial score (nSPS) is 15.9. The largest absolute Gasteiger partial charge is 0.387 e. The van der Waals surface area contributed by atoms with Gasteiger partial charge in [0.25, 0.3) is 0 Å². The van der Waals surface area contributed by atoms with Crippen LogP contribution in [-0.4, -0.2) is 12.3 Å². The Bertz CT molecular complexity index is 191. The highest BCUT2D eigenvalue weighted by Gasteiger charge is 1.98. The Balaban J connectivity index is 2.48. The van der Waals surface area contributed by atoms with E-state index in [0.717, 1.165) is 12.1 Å². The molecule has 1 aliphatic rings. The molecule has 1 N–H and O–H groups in total. The monoisotopic (exact) mass is 137 g/mol. The van der Waals surface area contributed by atoms with Crippen molar-refractivity contribution in [2.75, 3.05) is 6.54 Å². The number of dihydropyridines is 1. The molecule has 0 spiro atoms. The average Bonchev–Trinajstić information content (AvgIpc) is 1.88. The minimum absolute atomic E-state index is 0.208. The molecule has 1 rings (SSSR count). The number of ketones is 1. The first kappa shape index (κ1) is 7.06. The fourth-order valence-electron chi connectivity index (χ4n) is 0.914. The maximum absolute atomic E-state index is 10.6. The summed E-state index contributed by atoms with van der Waals surface area (Å²) < 4.78 is 0. The first-order chi connectivity index (χ1) is 4.79. The molecule has 0 atom stereocenters. The van der Waals surface area contributed by atoms with Gasteiger partial charge in [0.05, 0.1) is 0 Å². The second kappa shape index (κ2) is 3.20. The van der Waals surface area contributed by atoms with Crippen molar-refractivity contribution in [3.63, 3.8) is 0 Å². The third-order valence-corrected chi connectivity index (χ3v) is 1.31. The maximum Gasteiger partial charge on any atom is 0.134 e. The first-order valence-electron chi connectivity index (χ1n) is 3.37. The van der Waals surface area contributed by atoms with Crippen LogP contribution in [0.25, 0.3) is 0 Å². The Kier molecular flexibility index (Phi) is 2.26. The lowest BCUT2D eigenvalue weighted by atomic mass is 10.1. The molecule has 0 aromatic carbocycles. The molecular formula is C8H11NO. The molecule has 1 aliphatic heterocycles. The number of rotatable bonds is 2. The molecule has 0 aromatic heterocycles. The van der Waals surface area contributed by atoms with Gasteiger partial charge in [0.15, 0.2) is 0 Å². The van der Waals surface area contributed by atoms with Crippen molar-refractivity contribution in [2.24, 2.45) is 0 Å². The molecular weight excluding hydrogens is 126 g/mol. The van der Waals surface area contributed by atoms with Crippen LogP contribution < -0.4 is 5.32 Å². The fraction of sp³-hybridized carbons (Fsp3) is 0.375. The van der Waals surface area contributed by atoms with E-state index in [0.29, 0.717) is 6.42 Å². The van der Waals surface area contributed by atoms with Gasteiger partial charge in [0, 0.05) is 19.2 Å². The molecule has 2 nitrogen and oxygen atoms in total. The Hall–Kier alpha value is -1.05. The minimum Gasteiger partial charge on any atom is -0.387 e. The van der Waals surface area contributed by atoms with E-state index in [-0.39, 0.29) is 5.78 Å². The van der Waals surface area contributed by atoms with Gasteiger partial charge in [-0.25, -0.2) is 0 Å². The van der Waals surface area contributed by atoms with E-state index in [1.54, 1.807) is 6.92 Å². The predicted molar refractivity (Wildman–Crippen MR) is 40.5 cm³/mol. The summed E-state index contributed by atoms with van der Waals surface area (Å²) in [5, 5.41) is 3.04. The van der Waals surface area contributed by atoms with E-state index in [1.165, 1.54) is 0 Å². The van der Waals surface area contributed by atoms with Crippen LogP contribution in [0.15, 0.2) is 23.9 Å². The van der Waals surface area contributed by atoms with Gasteiger partial charge in [-0.3, -0.25) is 4.79 Å². The lowest BCUT2D eigenvalue weighted by molar-refractivity contribution is -0.116. The van der Waals surface area contributed by atoms with Gasteiger partial charge < -0.3 is 5.32 Å². The molecule has 0 radical (unpaired) electrons. The van der Waals surface area contributed by atoms with E-state index in [4.69, 9.17) is 0 Å². The van der Waals surface area contributed by atoms with Crippen molar-refractivity contribution in [3.8, 4) is 0 Å². The zero-order valence-electron chi connectivity index (χ0n) is 6.05. The summed E-state index contributed by atoms with van der Waals surface area (Å²) in [6.45, 7) is 2.48. The molecule has 0 saturated carbocycles. The van der Waals surface area contributed by atoms with Crippen LogP contribution in [0.3, 0.4) is 0 Å². The first-order valence-corrected chi connectivity index (χ1v) is 3.37. The van der Waals surface area contributed by atoms with Gasteiger partial charge >= 0.3 is 0 Å². The summed E-state index contributed by atoms with van der Waals surface area (Å²) in [6.07, 6.45) is 6.43. The van der Waals surface area contributed by atoms with Gasteiger partial charge in [0.2, 0.25) is 0 Å². The smallest absolute Gasteiger partial charge is 0.134 e. The third-order valence-electron chi connectivity index (χ3n) is 1.31. The molecule has 1 heterocycles. The topological polar surface area (TPSA) is 29.1 Å². The highest BCUT2D eigenvalue weighted by atomic mass is 16.1. The van der Waals surface area contributed by atoms with Crippen LogP contribution in [0, 0.1) is 0 Å². The number of nitrogens with one attached hydrogen (secondary N) is 1. The molecule has 0 bridgehead atoms. The molecule has 2 heteroatoms. The van der Waals surface area contributed by atoms with Gasteiger partial charge in [-0.1, -0.05) is 12.2 Å². The van der Waals surface area contributed by atoms with E-state index in [2.05, 4.69) is 5.32 Å². The number of hydrogen-bond acceptors (Lipinski definition) is 2. The number of hydrogen-bond donors (Lipinski definition) is 1. The maximum atomic E-state index is 10.6. The van der Waals surface area contributed by atoms with Crippen LogP contribution in [0.4, 0.5) is 0 Å². The van der Waals surface area contributed by atoms with Gasteiger partial charge in [-0.2, -0.15) is 0 Å². The molecule has 0 amide bonds. The fourth-order valence-corrected chi connectivity index (χ4v) is 0.914. The standard InChI is InChI=1S/C8H11NO/c1-7(10)5-8-3-2-4-9-6-8/h2-3,6,9H,4-5H2,1H3. The van der Waals surface area contributed by atoms with Gasteiger partial charge in [0.1, 0.15) is 5.78 Å². The summed E-state index contributed by atoms with van der Waals surface area (Å²) in [7, 11) is 0. The van der Waals surface area contributed by atoms with Crippen molar-refractivity contribution >= 4 is 5.78 Å². The second-order valence-electron chi connectivity index (χ2n) is 2.41. The van der Waals surface area contributed by atoms with Crippen LogP contribution >= 0.6 is 0 Å². The third kappa shape index (κ3) is 2.05. The minimum atomic E-state index is 0.208. The zero-order valence-corrected chi connectivity index (χ0v) is 6.05. The number of carbonyl (C=O) groups is 1. The predicted octanol–water partition coefficient (Wildman–Crippen LogP) is 1.01. The van der Waals surface area contributed by atoms with E-state index >= 15 is 0 Å². The van der Waals surface area contributed by atoms with Crippen molar-refractivity contribution in [2.45, 2.75) is 13.3 Å². The van der Waals surface area contributed by atoms with Crippen LogP contribution in [0.5, 0.6) is 0 Å². The summed E-state index contributed by atoms with van der Waals surface area (Å²) >= 11 is 0. The number of Topliss-reactive ketones (excluding diaryl/α,β-unsaturated/α-hetero) is 1. The summed E-state index contributed by atoms with van der Waals surface area (Å²) in [4.78, 5) is 10.6. The molecule has 10 heavy (non-hydrogen) atoms. The van der Waals surface area contributed by atoms with Gasteiger partial charge in [-0.05, 0) is 12.5 Å². The van der Waals surface area contributed by atoms with Gasteiger partial charge in [-0.15, -0.1) is 0 Å². The Morgan fingerprint density at radius 3 is 3.10 bits per heavy atom. The van der Waals surface area contributed by atoms with E-state index < -0.39 is 0 Å².